The van der Waals surface area contributed by atoms with E-state index in [1.165, 1.54) is 5.56 Å². The van der Waals surface area contributed by atoms with E-state index in [0.717, 1.165) is 38.3 Å². The fraction of sp³-hybridized carbons (Fsp3) is 0.533. The molecule has 0 bridgehead atoms. The van der Waals surface area contributed by atoms with Crippen LogP contribution in [0.2, 0.25) is 0 Å². The molecule has 0 aliphatic carbocycles. The lowest BCUT2D eigenvalue weighted by atomic mass is 10.1. The molecule has 1 aromatic rings. The third kappa shape index (κ3) is 4.65. The van der Waals surface area contributed by atoms with Crippen molar-refractivity contribution in [1.82, 2.24) is 9.80 Å². The number of hydrogen-bond acceptors (Lipinski definition) is 3. The lowest BCUT2D eigenvalue weighted by Crippen LogP contribution is -2.43. The third-order valence-electron chi connectivity index (χ3n) is 3.62. The lowest BCUT2D eigenvalue weighted by molar-refractivity contribution is -0.136. The number of aliphatic carboxylic acids is 1. The number of benzene rings is 1. The van der Waals surface area contributed by atoms with Crippen LogP contribution in [0.4, 0.5) is 0 Å². The van der Waals surface area contributed by atoms with Crippen molar-refractivity contribution in [1.29, 1.82) is 0 Å². The van der Waals surface area contributed by atoms with Crippen LogP contribution in [0, 0.1) is 0 Å². The number of piperazine rings is 1. The van der Waals surface area contributed by atoms with Crippen LogP contribution in [0.1, 0.15) is 17.5 Å². The number of carboxylic acid groups (broad SMARTS) is 1. The summed E-state index contributed by atoms with van der Waals surface area (Å²) in [6, 6.07) is 8.31. The number of carbonyl (C=O) groups is 1. The number of carboxylic acids is 1. The Hall–Kier alpha value is -1.39. The monoisotopic (exact) mass is 262 g/mol. The molecule has 0 atom stereocenters. The Morgan fingerprint density at radius 2 is 1.89 bits per heavy atom. The van der Waals surface area contributed by atoms with Crippen molar-refractivity contribution in [3.8, 4) is 0 Å². The van der Waals surface area contributed by atoms with Gasteiger partial charge in [0.1, 0.15) is 0 Å². The van der Waals surface area contributed by atoms with Crippen LogP contribution in [0.3, 0.4) is 0 Å². The molecule has 1 aliphatic rings. The van der Waals surface area contributed by atoms with Crippen LogP contribution in [-0.4, -0.2) is 54.1 Å². The number of likely N-dealkylation sites (N-methyl/N-ethyl adjacent to an activating group) is 1. The number of hydrogen-bond donors (Lipinski definition) is 1. The summed E-state index contributed by atoms with van der Waals surface area (Å²) in [5, 5.41) is 8.72. The molecule has 19 heavy (non-hydrogen) atoms. The summed E-state index contributed by atoms with van der Waals surface area (Å²) in [6.45, 7) is 5.43. The van der Waals surface area contributed by atoms with Gasteiger partial charge in [-0.1, -0.05) is 24.3 Å². The van der Waals surface area contributed by atoms with Gasteiger partial charge in [0.2, 0.25) is 0 Å². The van der Waals surface area contributed by atoms with E-state index in [9.17, 15) is 4.79 Å². The Labute approximate surface area is 114 Å². The molecule has 0 radical (unpaired) electrons. The second kappa shape index (κ2) is 6.68. The highest BCUT2D eigenvalue weighted by molar-refractivity contribution is 5.67. The number of rotatable bonds is 5. The van der Waals surface area contributed by atoms with Gasteiger partial charge in [-0.05, 0) is 24.6 Å². The van der Waals surface area contributed by atoms with Crippen molar-refractivity contribution in [3.63, 3.8) is 0 Å². The summed E-state index contributed by atoms with van der Waals surface area (Å²) in [5.41, 5.74) is 2.40. The van der Waals surface area contributed by atoms with Crippen molar-refractivity contribution in [2.45, 2.75) is 19.4 Å². The normalized spacial score (nSPS) is 17.5. The molecule has 0 unspecified atom stereocenters. The molecule has 1 aliphatic heterocycles. The topological polar surface area (TPSA) is 43.8 Å². The first-order valence-electron chi connectivity index (χ1n) is 6.84. The molecular weight excluding hydrogens is 240 g/mol. The van der Waals surface area contributed by atoms with E-state index < -0.39 is 5.97 Å². The fourth-order valence-electron chi connectivity index (χ4n) is 2.40. The highest BCUT2D eigenvalue weighted by atomic mass is 16.4. The van der Waals surface area contributed by atoms with Crippen LogP contribution in [0.5, 0.6) is 0 Å². The van der Waals surface area contributed by atoms with Crippen LogP contribution >= 0.6 is 0 Å². The molecule has 0 amide bonds. The van der Waals surface area contributed by atoms with Gasteiger partial charge in [-0.2, -0.15) is 0 Å². The van der Waals surface area contributed by atoms with Crippen molar-refractivity contribution >= 4 is 5.97 Å². The van der Waals surface area contributed by atoms with E-state index in [0.29, 0.717) is 6.42 Å². The summed E-state index contributed by atoms with van der Waals surface area (Å²) in [7, 11) is 2.16. The molecule has 0 aromatic heterocycles. The molecule has 1 N–H and O–H groups in total. The maximum atomic E-state index is 10.6. The van der Waals surface area contributed by atoms with Gasteiger partial charge in [0, 0.05) is 39.1 Å². The number of aryl methyl sites for hydroxylation is 1. The van der Waals surface area contributed by atoms with Gasteiger partial charge in [-0.15, -0.1) is 0 Å². The van der Waals surface area contributed by atoms with Crippen LogP contribution < -0.4 is 0 Å². The van der Waals surface area contributed by atoms with Crippen LogP contribution in [0.25, 0.3) is 0 Å². The van der Waals surface area contributed by atoms with Gasteiger partial charge in [0.05, 0.1) is 0 Å². The van der Waals surface area contributed by atoms with E-state index in [4.69, 9.17) is 5.11 Å². The largest absolute Gasteiger partial charge is 0.481 e. The van der Waals surface area contributed by atoms with E-state index >= 15 is 0 Å². The predicted molar refractivity (Wildman–Crippen MR) is 75.2 cm³/mol. The van der Waals surface area contributed by atoms with Gasteiger partial charge in [-0.3, -0.25) is 9.69 Å². The van der Waals surface area contributed by atoms with Crippen LogP contribution in [-0.2, 0) is 17.8 Å². The molecular formula is C15H22N2O2. The zero-order valence-corrected chi connectivity index (χ0v) is 11.5. The molecule has 1 heterocycles. The second-order valence-electron chi connectivity index (χ2n) is 5.29. The Balaban J connectivity index is 1.89. The van der Waals surface area contributed by atoms with Crippen LogP contribution in [0.15, 0.2) is 24.3 Å². The Morgan fingerprint density at radius 3 is 2.58 bits per heavy atom. The minimum atomic E-state index is -0.732. The van der Waals surface area contributed by atoms with Crippen molar-refractivity contribution < 1.29 is 9.90 Å². The average molecular weight is 262 g/mol. The summed E-state index contributed by atoms with van der Waals surface area (Å²) in [4.78, 5) is 15.4. The van der Waals surface area contributed by atoms with Crippen molar-refractivity contribution in [2.24, 2.45) is 0 Å². The molecule has 4 nitrogen and oxygen atoms in total. The summed E-state index contributed by atoms with van der Waals surface area (Å²) < 4.78 is 0. The number of nitrogens with zero attached hydrogens (tertiary/aromatic N) is 2. The van der Waals surface area contributed by atoms with Gasteiger partial charge < -0.3 is 10.0 Å². The van der Waals surface area contributed by atoms with E-state index in [-0.39, 0.29) is 6.42 Å². The summed E-state index contributed by atoms with van der Waals surface area (Å²) in [6.07, 6.45) is 0.823. The summed E-state index contributed by atoms with van der Waals surface area (Å²) >= 11 is 0. The van der Waals surface area contributed by atoms with Gasteiger partial charge in [0.15, 0.2) is 0 Å². The average Bonchev–Trinajstić information content (AvgIpc) is 2.40. The highest BCUT2D eigenvalue weighted by Crippen LogP contribution is 2.11. The Morgan fingerprint density at radius 1 is 1.21 bits per heavy atom. The molecule has 2 rings (SSSR count). The standard InChI is InChI=1S/C15H22N2O2/c1-16-7-9-17(10-8-16)12-14-4-2-3-13(11-14)5-6-15(18)19/h2-4,11H,5-10,12H2,1H3,(H,18,19). The van der Waals surface area contributed by atoms with Crippen molar-refractivity contribution in [3.05, 3.63) is 35.4 Å². The predicted octanol–water partition coefficient (Wildman–Crippen LogP) is 1.45. The van der Waals surface area contributed by atoms with E-state index in [1.807, 2.05) is 12.1 Å². The molecule has 1 saturated heterocycles. The lowest BCUT2D eigenvalue weighted by Gasteiger charge is -2.32. The first-order valence-corrected chi connectivity index (χ1v) is 6.84. The smallest absolute Gasteiger partial charge is 0.303 e. The third-order valence-corrected chi connectivity index (χ3v) is 3.62. The minimum Gasteiger partial charge on any atom is -0.481 e. The molecule has 1 fully saturated rings. The molecule has 0 spiro atoms. The molecule has 4 heteroatoms. The zero-order chi connectivity index (χ0) is 13.7. The quantitative estimate of drug-likeness (QED) is 0.872. The van der Waals surface area contributed by atoms with E-state index in [1.54, 1.807) is 0 Å². The molecule has 0 saturated carbocycles. The maximum Gasteiger partial charge on any atom is 0.303 e. The summed E-state index contributed by atoms with van der Waals surface area (Å²) in [5.74, 6) is -0.732. The first-order chi connectivity index (χ1) is 9.13. The zero-order valence-electron chi connectivity index (χ0n) is 11.5. The maximum absolute atomic E-state index is 10.6. The van der Waals surface area contributed by atoms with Gasteiger partial charge in [0.25, 0.3) is 0 Å². The second-order valence-corrected chi connectivity index (χ2v) is 5.29. The van der Waals surface area contributed by atoms with Gasteiger partial charge in [-0.25, -0.2) is 0 Å². The Kier molecular flexibility index (Phi) is 4.93. The molecule has 1 aromatic carbocycles. The highest BCUT2D eigenvalue weighted by Gasteiger charge is 2.13. The Bertz CT molecular complexity index is 426. The van der Waals surface area contributed by atoms with Gasteiger partial charge >= 0.3 is 5.97 Å². The molecule has 104 valence electrons. The SMILES string of the molecule is CN1CCN(Cc2cccc(CCC(=O)O)c2)CC1. The minimum absolute atomic E-state index is 0.206. The fourth-order valence-corrected chi connectivity index (χ4v) is 2.40. The van der Waals surface area contributed by atoms with Crippen molar-refractivity contribution in [2.75, 3.05) is 33.2 Å². The first kappa shape index (κ1) is 14.0. The van der Waals surface area contributed by atoms with E-state index in [2.05, 4.69) is 29.0 Å².